The second-order valence-electron chi connectivity index (χ2n) is 5.17. The minimum absolute atomic E-state index is 0.606. The molecule has 0 aliphatic heterocycles. The van der Waals surface area contributed by atoms with Gasteiger partial charge in [0.25, 0.3) is 0 Å². The molecule has 0 heterocycles. The van der Waals surface area contributed by atoms with Crippen LogP contribution in [0.5, 0.6) is 0 Å². The van der Waals surface area contributed by atoms with E-state index in [0.717, 1.165) is 16.3 Å². The fraction of sp³-hybridized carbons (Fsp3) is 0.105. The molecular formula is C19H14ClNO. The van der Waals surface area contributed by atoms with Crippen molar-refractivity contribution in [1.82, 2.24) is 0 Å². The number of nitrogens with zero attached hydrogens (tertiary/aromatic N) is 1. The van der Waals surface area contributed by atoms with Crippen LogP contribution < -0.4 is 0 Å². The van der Waals surface area contributed by atoms with Gasteiger partial charge in [-0.05, 0) is 34.0 Å². The second kappa shape index (κ2) is 6.19. The first kappa shape index (κ1) is 14.6. The summed E-state index contributed by atoms with van der Waals surface area (Å²) in [5.41, 5.74) is 1.52. The molecule has 0 fully saturated rings. The molecule has 0 spiro atoms. The lowest BCUT2D eigenvalue weighted by atomic mass is 9.87. The van der Waals surface area contributed by atoms with Crippen LogP contribution in [0.2, 0.25) is 5.02 Å². The topological polar surface area (TPSA) is 44.0 Å². The molecule has 0 bridgehead atoms. The van der Waals surface area contributed by atoms with Crippen molar-refractivity contribution in [2.75, 3.05) is 0 Å². The molecule has 2 nitrogen and oxygen atoms in total. The van der Waals surface area contributed by atoms with Gasteiger partial charge >= 0.3 is 0 Å². The Morgan fingerprint density at radius 1 is 0.909 bits per heavy atom. The zero-order valence-corrected chi connectivity index (χ0v) is 12.5. The van der Waals surface area contributed by atoms with E-state index in [1.54, 1.807) is 24.3 Å². The van der Waals surface area contributed by atoms with Crippen LogP contribution in [0, 0.1) is 11.3 Å². The zero-order chi connectivity index (χ0) is 15.5. The number of benzene rings is 3. The second-order valence-corrected chi connectivity index (χ2v) is 5.61. The third kappa shape index (κ3) is 2.69. The Labute approximate surface area is 134 Å². The number of hydrogen-bond donors (Lipinski definition) is 1. The highest BCUT2D eigenvalue weighted by molar-refractivity contribution is 6.30. The van der Waals surface area contributed by atoms with Gasteiger partial charge in [0.2, 0.25) is 0 Å². The summed E-state index contributed by atoms with van der Waals surface area (Å²) < 4.78 is 0. The maximum absolute atomic E-state index is 10.6. The average molecular weight is 308 g/mol. The highest BCUT2D eigenvalue weighted by Crippen LogP contribution is 2.34. The molecule has 3 aromatic carbocycles. The Balaban J connectivity index is 2.07. The quantitative estimate of drug-likeness (QED) is 0.753. The van der Waals surface area contributed by atoms with Crippen molar-refractivity contribution in [2.24, 2.45) is 0 Å². The molecule has 0 amide bonds. The van der Waals surface area contributed by atoms with Crippen LogP contribution in [0.3, 0.4) is 0 Å². The van der Waals surface area contributed by atoms with Gasteiger partial charge in [-0.1, -0.05) is 66.2 Å². The number of aliphatic hydroxyl groups is 1. The smallest absolute Gasteiger partial charge is 0.102 e. The van der Waals surface area contributed by atoms with Gasteiger partial charge in [-0.3, -0.25) is 0 Å². The number of halogens is 1. The molecule has 0 saturated heterocycles. The van der Waals surface area contributed by atoms with Crippen molar-refractivity contribution >= 4 is 22.4 Å². The van der Waals surface area contributed by atoms with Gasteiger partial charge in [0.1, 0.15) is 5.92 Å². The molecule has 108 valence electrons. The molecule has 1 N–H and O–H groups in total. The molecule has 3 heteroatoms. The minimum atomic E-state index is -0.895. The standard InChI is InChI=1S/C19H14ClNO/c20-15-10-8-14(9-11-15)19(22)18(12-21)17-7-3-5-13-4-1-2-6-16(13)17/h1-11,18-19,22H/t18-,19+/m0/s1. The van der Waals surface area contributed by atoms with Crippen molar-refractivity contribution in [3.05, 3.63) is 82.9 Å². The molecular weight excluding hydrogens is 294 g/mol. The Hall–Kier alpha value is -2.34. The number of aliphatic hydroxyl groups excluding tert-OH is 1. The largest absolute Gasteiger partial charge is 0.387 e. The third-order valence-electron chi connectivity index (χ3n) is 3.82. The van der Waals surface area contributed by atoms with E-state index in [1.165, 1.54) is 0 Å². The van der Waals surface area contributed by atoms with Gasteiger partial charge in [0.05, 0.1) is 12.2 Å². The number of hydrogen-bond acceptors (Lipinski definition) is 2. The van der Waals surface area contributed by atoms with Crippen LogP contribution in [-0.4, -0.2) is 5.11 Å². The van der Waals surface area contributed by atoms with Gasteiger partial charge in [0.15, 0.2) is 0 Å². The first-order valence-corrected chi connectivity index (χ1v) is 7.39. The molecule has 3 aromatic rings. The molecule has 0 aromatic heterocycles. The van der Waals surface area contributed by atoms with Crippen LogP contribution in [-0.2, 0) is 0 Å². The van der Waals surface area contributed by atoms with E-state index in [4.69, 9.17) is 11.6 Å². The van der Waals surface area contributed by atoms with E-state index in [1.807, 2.05) is 42.5 Å². The average Bonchev–Trinajstić information content (AvgIpc) is 2.56. The van der Waals surface area contributed by atoms with E-state index in [2.05, 4.69) is 6.07 Å². The first-order valence-electron chi connectivity index (χ1n) is 7.01. The summed E-state index contributed by atoms with van der Waals surface area (Å²) >= 11 is 5.88. The highest BCUT2D eigenvalue weighted by Gasteiger charge is 2.24. The van der Waals surface area contributed by atoms with Crippen molar-refractivity contribution < 1.29 is 5.11 Å². The van der Waals surface area contributed by atoms with Gasteiger partial charge in [-0.15, -0.1) is 0 Å². The van der Waals surface area contributed by atoms with Gasteiger partial charge < -0.3 is 5.11 Å². The fourth-order valence-corrected chi connectivity index (χ4v) is 2.81. The molecule has 2 atom stereocenters. The monoisotopic (exact) mass is 307 g/mol. The van der Waals surface area contributed by atoms with Gasteiger partial charge in [0, 0.05) is 5.02 Å². The summed E-state index contributed by atoms with van der Waals surface area (Å²) in [6.07, 6.45) is -0.895. The normalized spacial score (nSPS) is 13.5. The Bertz CT molecular complexity index is 831. The molecule has 0 radical (unpaired) electrons. The molecule has 0 saturated carbocycles. The number of fused-ring (bicyclic) bond motifs is 1. The van der Waals surface area contributed by atoms with E-state index in [0.29, 0.717) is 10.6 Å². The van der Waals surface area contributed by atoms with Crippen LogP contribution in [0.4, 0.5) is 0 Å². The fourth-order valence-electron chi connectivity index (χ4n) is 2.68. The Morgan fingerprint density at radius 3 is 2.32 bits per heavy atom. The lowest BCUT2D eigenvalue weighted by molar-refractivity contribution is 0.164. The summed E-state index contributed by atoms with van der Waals surface area (Å²) in [5.74, 6) is -0.632. The Morgan fingerprint density at radius 2 is 1.59 bits per heavy atom. The lowest BCUT2D eigenvalue weighted by Crippen LogP contribution is -2.09. The first-order chi connectivity index (χ1) is 10.7. The summed E-state index contributed by atoms with van der Waals surface area (Å²) in [4.78, 5) is 0. The highest BCUT2D eigenvalue weighted by atomic mass is 35.5. The van der Waals surface area contributed by atoms with E-state index in [-0.39, 0.29) is 0 Å². The minimum Gasteiger partial charge on any atom is -0.387 e. The van der Waals surface area contributed by atoms with Crippen molar-refractivity contribution in [3.8, 4) is 6.07 Å². The van der Waals surface area contributed by atoms with Gasteiger partial charge in [-0.25, -0.2) is 0 Å². The zero-order valence-electron chi connectivity index (χ0n) is 11.8. The van der Waals surface area contributed by atoms with Crippen LogP contribution >= 0.6 is 11.6 Å². The molecule has 0 unspecified atom stereocenters. The van der Waals surface area contributed by atoms with Gasteiger partial charge in [-0.2, -0.15) is 5.26 Å². The van der Waals surface area contributed by atoms with E-state index in [9.17, 15) is 10.4 Å². The predicted octanol–water partition coefficient (Wildman–Crippen LogP) is 4.83. The number of nitriles is 1. The summed E-state index contributed by atoms with van der Waals surface area (Å²) in [6, 6.07) is 22.9. The lowest BCUT2D eigenvalue weighted by Gasteiger charge is -2.19. The third-order valence-corrected chi connectivity index (χ3v) is 4.08. The Kier molecular flexibility index (Phi) is 4.11. The molecule has 0 aliphatic rings. The SMILES string of the molecule is N#C[C@@H](c1cccc2ccccc12)[C@H](O)c1ccc(Cl)cc1. The van der Waals surface area contributed by atoms with Crippen LogP contribution in [0.1, 0.15) is 23.1 Å². The maximum atomic E-state index is 10.6. The summed E-state index contributed by atoms with van der Waals surface area (Å²) in [7, 11) is 0. The summed E-state index contributed by atoms with van der Waals surface area (Å²) in [6.45, 7) is 0. The summed E-state index contributed by atoms with van der Waals surface area (Å²) in [5, 5.41) is 22.9. The predicted molar refractivity (Wildman–Crippen MR) is 88.7 cm³/mol. The van der Waals surface area contributed by atoms with Crippen molar-refractivity contribution in [1.29, 1.82) is 5.26 Å². The van der Waals surface area contributed by atoms with Crippen LogP contribution in [0.25, 0.3) is 10.8 Å². The number of rotatable bonds is 3. The maximum Gasteiger partial charge on any atom is 0.102 e. The molecule has 0 aliphatic carbocycles. The van der Waals surface area contributed by atoms with Crippen LogP contribution in [0.15, 0.2) is 66.7 Å². The van der Waals surface area contributed by atoms with Crippen molar-refractivity contribution in [2.45, 2.75) is 12.0 Å². The van der Waals surface area contributed by atoms with Crippen molar-refractivity contribution in [3.63, 3.8) is 0 Å². The van der Waals surface area contributed by atoms with E-state index >= 15 is 0 Å². The van der Waals surface area contributed by atoms with E-state index < -0.39 is 12.0 Å². The molecule has 22 heavy (non-hydrogen) atoms. The molecule has 3 rings (SSSR count).